The summed E-state index contributed by atoms with van der Waals surface area (Å²) in [7, 11) is 1.74. The molecule has 0 aliphatic rings. The van der Waals surface area contributed by atoms with Crippen LogP contribution in [0.5, 0.6) is 0 Å². The van der Waals surface area contributed by atoms with Gasteiger partial charge in [-0.25, -0.2) is 4.79 Å². The van der Waals surface area contributed by atoms with E-state index >= 15 is 0 Å². The second kappa shape index (κ2) is 6.82. The molecule has 0 unspecified atom stereocenters. The van der Waals surface area contributed by atoms with Crippen LogP contribution in [0.1, 0.15) is 48.9 Å². The number of carboxylic acid groups (broad SMARTS) is 1. The third kappa shape index (κ3) is 3.22. The Kier molecular flexibility index (Phi) is 6.15. The van der Waals surface area contributed by atoms with E-state index in [1.165, 1.54) is 0 Å². The van der Waals surface area contributed by atoms with Crippen molar-refractivity contribution in [1.82, 2.24) is 9.78 Å². The van der Waals surface area contributed by atoms with E-state index in [1.807, 2.05) is 26.8 Å². The molecule has 0 saturated carbocycles. The van der Waals surface area contributed by atoms with E-state index < -0.39 is 5.97 Å². The average Bonchev–Trinajstić information content (AvgIpc) is 2.53. The van der Waals surface area contributed by atoms with E-state index in [0.717, 1.165) is 6.42 Å². The van der Waals surface area contributed by atoms with E-state index in [0.29, 0.717) is 11.4 Å². The molecule has 4 heteroatoms. The molecule has 0 atom stereocenters. The van der Waals surface area contributed by atoms with Gasteiger partial charge in [-0.2, -0.15) is 5.10 Å². The van der Waals surface area contributed by atoms with Gasteiger partial charge in [-0.05, 0) is 19.4 Å². The highest BCUT2D eigenvalue weighted by atomic mass is 16.4. The third-order valence-electron chi connectivity index (χ3n) is 1.99. The highest BCUT2D eigenvalue weighted by Crippen LogP contribution is 2.14. The van der Waals surface area contributed by atoms with Crippen molar-refractivity contribution in [2.45, 2.75) is 34.1 Å². The number of nitrogens with zero attached hydrogens (tertiary/aromatic N) is 2. The van der Waals surface area contributed by atoms with Crippen molar-refractivity contribution in [3.8, 4) is 0 Å². The Morgan fingerprint density at radius 1 is 1.50 bits per heavy atom. The Labute approximate surface area is 96.6 Å². The summed E-state index contributed by atoms with van der Waals surface area (Å²) in [6.45, 7) is 7.70. The lowest BCUT2D eigenvalue weighted by Crippen LogP contribution is -2.01. The molecule has 1 heterocycles. The van der Waals surface area contributed by atoms with Gasteiger partial charge in [-0.3, -0.25) is 4.68 Å². The molecule has 0 fully saturated rings. The second-order valence-corrected chi connectivity index (χ2v) is 3.09. The van der Waals surface area contributed by atoms with Crippen LogP contribution in [0.25, 0.3) is 6.08 Å². The van der Waals surface area contributed by atoms with Gasteiger partial charge in [0.25, 0.3) is 0 Å². The fourth-order valence-corrected chi connectivity index (χ4v) is 1.36. The predicted molar refractivity (Wildman–Crippen MR) is 65.6 cm³/mol. The Balaban J connectivity index is 0.00000106. The molecule has 1 aromatic heterocycles. The molecular formula is C12H20N2O2. The molecule has 0 aromatic carbocycles. The smallest absolute Gasteiger partial charge is 0.339 e. The first-order chi connectivity index (χ1) is 7.57. The van der Waals surface area contributed by atoms with Crippen molar-refractivity contribution >= 4 is 12.0 Å². The Morgan fingerprint density at radius 3 is 2.50 bits per heavy atom. The molecule has 1 N–H and O–H groups in total. The molecule has 16 heavy (non-hydrogen) atoms. The lowest BCUT2D eigenvalue weighted by Gasteiger charge is -1.96. The van der Waals surface area contributed by atoms with Gasteiger partial charge in [0, 0.05) is 7.05 Å². The summed E-state index contributed by atoms with van der Waals surface area (Å²) in [5, 5.41) is 13.0. The summed E-state index contributed by atoms with van der Waals surface area (Å²) >= 11 is 0. The van der Waals surface area contributed by atoms with Gasteiger partial charge in [0.1, 0.15) is 5.56 Å². The maximum absolute atomic E-state index is 10.9. The molecule has 0 saturated heterocycles. The first-order valence-electron chi connectivity index (χ1n) is 5.51. The summed E-state index contributed by atoms with van der Waals surface area (Å²) in [5.74, 6) is -0.925. The lowest BCUT2D eigenvalue weighted by molar-refractivity contribution is 0.0696. The van der Waals surface area contributed by atoms with Gasteiger partial charge in [0.15, 0.2) is 0 Å². The molecule has 1 aromatic rings. The fourth-order valence-electron chi connectivity index (χ4n) is 1.36. The first-order valence-corrected chi connectivity index (χ1v) is 5.51. The predicted octanol–water partition coefficient (Wildman–Crippen LogP) is 2.88. The monoisotopic (exact) mass is 224 g/mol. The van der Waals surface area contributed by atoms with Gasteiger partial charge < -0.3 is 5.11 Å². The van der Waals surface area contributed by atoms with Gasteiger partial charge in [0.2, 0.25) is 0 Å². The van der Waals surface area contributed by atoms with Gasteiger partial charge in [0.05, 0.1) is 11.4 Å². The topological polar surface area (TPSA) is 55.1 Å². The van der Waals surface area contributed by atoms with Crippen molar-refractivity contribution < 1.29 is 9.90 Å². The summed E-state index contributed by atoms with van der Waals surface area (Å²) in [6, 6.07) is 0. The average molecular weight is 224 g/mol. The number of carboxylic acids is 1. The molecule has 0 amide bonds. The number of aromatic nitrogens is 2. The van der Waals surface area contributed by atoms with E-state index in [4.69, 9.17) is 5.11 Å². The molecule has 90 valence electrons. The normalized spacial score (nSPS) is 10.1. The summed E-state index contributed by atoms with van der Waals surface area (Å²) < 4.78 is 1.59. The van der Waals surface area contributed by atoms with E-state index in [1.54, 1.807) is 24.7 Å². The number of hydrogen-bond donors (Lipinski definition) is 1. The third-order valence-corrected chi connectivity index (χ3v) is 1.99. The lowest BCUT2D eigenvalue weighted by atomic mass is 10.2. The van der Waals surface area contributed by atoms with Crippen molar-refractivity contribution in [3.63, 3.8) is 0 Å². The van der Waals surface area contributed by atoms with Crippen LogP contribution in [0.15, 0.2) is 6.08 Å². The van der Waals surface area contributed by atoms with Crippen molar-refractivity contribution in [1.29, 1.82) is 0 Å². The minimum atomic E-state index is -0.925. The zero-order valence-electron chi connectivity index (χ0n) is 10.6. The first kappa shape index (κ1) is 14.4. The van der Waals surface area contributed by atoms with Gasteiger partial charge in [-0.1, -0.05) is 26.8 Å². The van der Waals surface area contributed by atoms with Crippen LogP contribution in [-0.4, -0.2) is 20.9 Å². The fraction of sp³-hybridized carbons (Fsp3) is 0.500. The molecule has 1 rings (SSSR count). The zero-order chi connectivity index (χ0) is 12.7. The quantitative estimate of drug-likeness (QED) is 0.858. The van der Waals surface area contributed by atoms with Crippen LogP contribution < -0.4 is 0 Å². The highest BCUT2D eigenvalue weighted by molar-refractivity contribution is 5.92. The Hall–Kier alpha value is -1.58. The summed E-state index contributed by atoms with van der Waals surface area (Å²) in [4.78, 5) is 10.9. The second-order valence-electron chi connectivity index (χ2n) is 3.09. The Bertz CT molecular complexity index is 379. The minimum Gasteiger partial charge on any atom is -0.478 e. The molecule has 0 aliphatic carbocycles. The molecular weight excluding hydrogens is 204 g/mol. The summed E-state index contributed by atoms with van der Waals surface area (Å²) in [5.41, 5.74) is 1.49. The van der Waals surface area contributed by atoms with Crippen molar-refractivity contribution in [2.75, 3.05) is 0 Å². The standard InChI is InChI=1S/C10H14N2O2.C2H6/c1-4-5-6-8-9(10(13)14)7(2)11-12(8)3;1-2/h5-6H,4H2,1-3H3,(H,13,14);1-2H3/b6-5-;. The molecule has 4 nitrogen and oxygen atoms in total. The zero-order valence-corrected chi connectivity index (χ0v) is 10.6. The van der Waals surface area contributed by atoms with Crippen LogP contribution in [0, 0.1) is 6.92 Å². The van der Waals surface area contributed by atoms with Crippen LogP contribution in [0.3, 0.4) is 0 Å². The number of hydrogen-bond acceptors (Lipinski definition) is 2. The largest absolute Gasteiger partial charge is 0.478 e. The van der Waals surface area contributed by atoms with Crippen LogP contribution in [0.2, 0.25) is 0 Å². The number of carbonyl (C=O) groups is 1. The van der Waals surface area contributed by atoms with E-state index in [-0.39, 0.29) is 5.56 Å². The maximum atomic E-state index is 10.9. The Morgan fingerprint density at radius 2 is 2.06 bits per heavy atom. The maximum Gasteiger partial charge on any atom is 0.339 e. The van der Waals surface area contributed by atoms with E-state index in [2.05, 4.69) is 5.10 Å². The van der Waals surface area contributed by atoms with E-state index in [9.17, 15) is 4.79 Å². The van der Waals surface area contributed by atoms with Crippen molar-refractivity contribution in [2.24, 2.45) is 7.05 Å². The SMILES string of the molecule is CC.CC/C=C\c1c(C(=O)O)c(C)nn1C. The molecule has 0 radical (unpaired) electrons. The molecule has 0 spiro atoms. The molecule has 0 aliphatic heterocycles. The van der Waals surface area contributed by atoms with Crippen molar-refractivity contribution in [3.05, 3.63) is 23.0 Å². The number of rotatable bonds is 3. The number of aromatic carboxylic acids is 1. The van der Waals surface area contributed by atoms with Crippen LogP contribution >= 0.6 is 0 Å². The number of allylic oxidation sites excluding steroid dienone is 1. The minimum absolute atomic E-state index is 0.289. The van der Waals surface area contributed by atoms with Gasteiger partial charge in [-0.15, -0.1) is 0 Å². The summed E-state index contributed by atoms with van der Waals surface area (Å²) in [6.07, 6.45) is 4.59. The highest BCUT2D eigenvalue weighted by Gasteiger charge is 2.16. The van der Waals surface area contributed by atoms with Crippen LogP contribution in [-0.2, 0) is 7.05 Å². The number of aryl methyl sites for hydroxylation is 2. The van der Waals surface area contributed by atoms with Crippen LogP contribution in [0.4, 0.5) is 0 Å². The molecule has 0 bridgehead atoms. The van der Waals surface area contributed by atoms with Gasteiger partial charge >= 0.3 is 5.97 Å².